The van der Waals surface area contributed by atoms with Crippen LogP contribution in [0.3, 0.4) is 0 Å². The van der Waals surface area contributed by atoms with Crippen LogP contribution in [0.15, 0.2) is 36.4 Å². The number of aromatic hydroxyl groups is 1. The second kappa shape index (κ2) is 2.95. The Balaban J connectivity index is 2.41. The summed E-state index contributed by atoms with van der Waals surface area (Å²) in [6.07, 6.45) is 0. The number of benzene rings is 2. The van der Waals surface area contributed by atoms with Crippen LogP contribution in [0.25, 0.3) is 11.1 Å². The maximum atomic E-state index is 12.1. The van der Waals surface area contributed by atoms with Crippen molar-refractivity contribution >= 4 is 5.78 Å². The highest BCUT2D eigenvalue weighted by Crippen LogP contribution is 2.41. The van der Waals surface area contributed by atoms with E-state index in [1.807, 2.05) is 25.1 Å². The molecule has 0 saturated heterocycles. The van der Waals surface area contributed by atoms with E-state index >= 15 is 0 Å². The molecule has 0 aromatic heterocycles. The molecule has 3 rings (SSSR count). The van der Waals surface area contributed by atoms with Crippen molar-refractivity contribution in [3.63, 3.8) is 0 Å². The second-order valence-corrected chi connectivity index (χ2v) is 4.08. The third kappa shape index (κ3) is 1.04. The van der Waals surface area contributed by atoms with Crippen molar-refractivity contribution in [3.8, 4) is 16.9 Å². The molecule has 0 radical (unpaired) electrons. The Labute approximate surface area is 93.2 Å². The second-order valence-electron chi connectivity index (χ2n) is 4.08. The molecule has 2 aromatic rings. The highest BCUT2D eigenvalue weighted by molar-refractivity contribution is 6.22. The minimum absolute atomic E-state index is 0.00426. The van der Waals surface area contributed by atoms with Gasteiger partial charge in [0.15, 0.2) is 5.78 Å². The monoisotopic (exact) mass is 210 g/mol. The van der Waals surface area contributed by atoms with Crippen molar-refractivity contribution in [2.24, 2.45) is 0 Å². The first-order chi connectivity index (χ1) is 7.68. The smallest absolute Gasteiger partial charge is 0.194 e. The number of rotatable bonds is 0. The summed E-state index contributed by atoms with van der Waals surface area (Å²) < 4.78 is 0. The molecule has 0 fully saturated rings. The summed E-state index contributed by atoms with van der Waals surface area (Å²) in [5.41, 5.74) is 3.85. The molecule has 0 spiro atoms. The van der Waals surface area contributed by atoms with Gasteiger partial charge in [-0.25, -0.2) is 0 Å². The van der Waals surface area contributed by atoms with Gasteiger partial charge in [0.2, 0.25) is 0 Å². The summed E-state index contributed by atoms with van der Waals surface area (Å²) in [6, 6.07) is 10.8. The standard InChI is InChI=1S/C14H10O2/c1-8-5-6-9-11(7-8)14(16)10-3-2-4-12(15)13(9)10/h2-7,15H,1H3. The maximum absolute atomic E-state index is 12.1. The normalized spacial score (nSPS) is 12.4. The Bertz CT molecular complexity index is 612. The number of ketones is 1. The molecule has 2 heteroatoms. The van der Waals surface area contributed by atoms with Gasteiger partial charge in [-0.15, -0.1) is 0 Å². The summed E-state index contributed by atoms with van der Waals surface area (Å²) in [6.45, 7) is 1.95. The summed E-state index contributed by atoms with van der Waals surface area (Å²) in [4.78, 5) is 12.1. The zero-order valence-corrected chi connectivity index (χ0v) is 8.82. The lowest BCUT2D eigenvalue weighted by Gasteiger charge is -2.02. The molecule has 1 N–H and O–H groups in total. The zero-order valence-electron chi connectivity index (χ0n) is 8.82. The lowest BCUT2D eigenvalue weighted by atomic mass is 10.0. The van der Waals surface area contributed by atoms with Crippen LogP contribution in [-0.2, 0) is 0 Å². The number of hydrogen-bond donors (Lipinski definition) is 1. The van der Waals surface area contributed by atoms with Crippen LogP contribution < -0.4 is 0 Å². The quantitative estimate of drug-likeness (QED) is 0.619. The van der Waals surface area contributed by atoms with Gasteiger partial charge in [-0.1, -0.05) is 29.8 Å². The van der Waals surface area contributed by atoms with E-state index in [1.165, 1.54) is 0 Å². The minimum Gasteiger partial charge on any atom is -0.507 e. The molecule has 2 nitrogen and oxygen atoms in total. The van der Waals surface area contributed by atoms with Crippen LogP contribution in [0.4, 0.5) is 0 Å². The van der Waals surface area contributed by atoms with E-state index in [-0.39, 0.29) is 11.5 Å². The van der Waals surface area contributed by atoms with Gasteiger partial charge in [-0.05, 0) is 24.6 Å². The SMILES string of the molecule is Cc1ccc2c(c1)C(=O)c1cccc(O)c1-2. The van der Waals surface area contributed by atoms with E-state index in [4.69, 9.17) is 0 Å². The fourth-order valence-corrected chi connectivity index (χ4v) is 2.22. The molecule has 0 bridgehead atoms. The molecule has 1 aliphatic carbocycles. The van der Waals surface area contributed by atoms with Crippen molar-refractivity contribution in [2.45, 2.75) is 6.92 Å². The van der Waals surface area contributed by atoms with E-state index < -0.39 is 0 Å². The number of aryl methyl sites for hydroxylation is 1. The molecule has 1 aliphatic rings. The first-order valence-corrected chi connectivity index (χ1v) is 5.16. The van der Waals surface area contributed by atoms with E-state index in [0.717, 1.165) is 11.1 Å². The van der Waals surface area contributed by atoms with Crippen LogP contribution in [-0.4, -0.2) is 10.9 Å². The topological polar surface area (TPSA) is 37.3 Å². The molecule has 0 heterocycles. The first-order valence-electron chi connectivity index (χ1n) is 5.16. The van der Waals surface area contributed by atoms with Crippen LogP contribution in [0, 0.1) is 6.92 Å². The van der Waals surface area contributed by atoms with Gasteiger partial charge in [-0.2, -0.15) is 0 Å². The van der Waals surface area contributed by atoms with Gasteiger partial charge in [0.1, 0.15) is 5.75 Å². The molecule has 78 valence electrons. The highest BCUT2D eigenvalue weighted by Gasteiger charge is 2.28. The molecular weight excluding hydrogens is 200 g/mol. The van der Waals surface area contributed by atoms with Crippen molar-refractivity contribution in [3.05, 3.63) is 53.1 Å². The predicted octanol–water partition coefficient (Wildman–Crippen LogP) is 2.91. The number of phenolic OH excluding ortho intramolecular Hbond substituents is 1. The van der Waals surface area contributed by atoms with E-state index in [1.54, 1.807) is 18.2 Å². The largest absolute Gasteiger partial charge is 0.507 e. The summed E-state index contributed by atoms with van der Waals surface area (Å²) in [5, 5.41) is 9.81. The van der Waals surface area contributed by atoms with Crippen molar-refractivity contribution in [2.75, 3.05) is 0 Å². The number of fused-ring (bicyclic) bond motifs is 3. The van der Waals surface area contributed by atoms with Crippen LogP contribution >= 0.6 is 0 Å². The average molecular weight is 210 g/mol. The van der Waals surface area contributed by atoms with Crippen LogP contribution in [0.5, 0.6) is 5.75 Å². The Morgan fingerprint density at radius 1 is 1.00 bits per heavy atom. The van der Waals surface area contributed by atoms with E-state index in [9.17, 15) is 9.90 Å². The Morgan fingerprint density at radius 2 is 1.81 bits per heavy atom. The predicted molar refractivity (Wildman–Crippen MR) is 61.7 cm³/mol. The lowest BCUT2D eigenvalue weighted by Crippen LogP contribution is -1.94. The van der Waals surface area contributed by atoms with Crippen molar-refractivity contribution in [1.29, 1.82) is 0 Å². The van der Waals surface area contributed by atoms with Gasteiger partial charge in [0.25, 0.3) is 0 Å². The molecule has 0 unspecified atom stereocenters. The lowest BCUT2D eigenvalue weighted by molar-refractivity contribution is 0.104. The summed E-state index contributed by atoms with van der Waals surface area (Å²) >= 11 is 0. The molecule has 16 heavy (non-hydrogen) atoms. The van der Waals surface area contributed by atoms with E-state index in [0.29, 0.717) is 16.7 Å². The average Bonchev–Trinajstić information content (AvgIpc) is 2.55. The third-order valence-corrected chi connectivity index (χ3v) is 2.98. The molecule has 0 amide bonds. The summed E-state index contributed by atoms with van der Waals surface area (Å²) in [7, 11) is 0. The Morgan fingerprint density at radius 3 is 2.62 bits per heavy atom. The zero-order chi connectivity index (χ0) is 11.3. The van der Waals surface area contributed by atoms with E-state index in [2.05, 4.69) is 0 Å². The van der Waals surface area contributed by atoms with Crippen molar-refractivity contribution < 1.29 is 9.90 Å². The number of carbonyl (C=O) groups is 1. The molecular formula is C14H10O2. The Kier molecular flexibility index (Phi) is 1.69. The Hall–Kier alpha value is -2.09. The fourth-order valence-electron chi connectivity index (χ4n) is 2.22. The molecule has 0 atom stereocenters. The van der Waals surface area contributed by atoms with Gasteiger partial charge in [0, 0.05) is 16.7 Å². The molecule has 0 saturated carbocycles. The number of hydrogen-bond acceptors (Lipinski definition) is 2. The number of carbonyl (C=O) groups excluding carboxylic acids is 1. The third-order valence-electron chi connectivity index (χ3n) is 2.98. The van der Waals surface area contributed by atoms with Gasteiger partial charge in [-0.3, -0.25) is 4.79 Å². The van der Waals surface area contributed by atoms with Crippen LogP contribution in [0.2, 0.25) is 0 Å². The van der Waals surface area contributed by atoms with Gasteiger partial charge < -0.3 is 5.11 Å². The van der Waals surface area contributed by atoms with Gasteiger partial charge in [0.05, 0.1) is 0 Å². The van der Waals surface area contributed by atoms with Crippen LogP contribution in [0.1, 0.15) is 21.5 Å². The maximum Gasteiger partial charge on any atom is 0.194 e. The fraction of sp³-hybridized carbons (Fsp3) is 0.0714. The molecule has 0 aliphatic heterocycles. The summed E-state index contributed by atoms with van der Waals surface area (Å²) in [5.74, 6) is 0.179. The van der Waals surface area contributed by atoms with Gasteiger partial charge >= 0.3 is 0 Å². The minimum atomic E-state index is 0.00426. The molecule has 2 aromatic carbocycles. The van der Waals surface area contributed by atoms with Crippen molar-refractivity contribution in [1.82, 2.24) is 0 Å². The highest BCUT2D eigenvalue weighted by atomic mass is 16.3. The first kappa shape index (κ1) is 9.16. The number of phenols is 1.